The molecule has 0 aliphatic rings. The zero-order valence-corrected chi connectivity index (χ0v) is 12.7. The van der Waals surface area contributed by atoms with Gasteiger partial charge in [0.15, 0.2) is 0 Å². The molecule has 23 heavy (non-hydrogen) atoms. The summed E-state index contributed by atoms with van der Waals surface area (Å²) in [6.07, 6.45) is 0. The van der Waals surface area contributed by atoms with Gasteiger partial charge in [0, 0.05) is 18.7 Å². The van der Waals surface area contributed by atoms with Crippen LogP contribution in [0.1, 0.15) is 28.4 Å². The Bertz CT molecular complexity index is 907. The van der Waals surface area contributed by atoms with Gasteiger partial charge in [-0.3, -0.25) is 4.79 Å². The Morgan fingerprint density at radius 2 is 2.17 bits per heavy atom. The van der Waals surface area contributed by atoms with Crippen molar-refractivity contribution in [2.75, 3.05) is 0 Å². The van der Waals surface area contributed by atoms with Crippen LogP contribution in [0.25, 0.3) is 11.0 Å². The lowest BCUT2D eigenvalue weighted by molar-refractivity contribution is 0.0951. The van der Waals surface area contributed by atoms with Gasteiger partial charge in [-0.1, -0.05) is 17.3 Å². The van der Waals surface area contributed by atoms with Gasteiger partial charge in [-0.05, 0) is 42.8 Å². The Morgan fingerprint density at radius 3 is 2.96 bits per heavy atom. The van der Waals surface area contributed by atoms with Crippen LogP contribution >= 0.6 is 0 Å². The molecule has 0 fully saturated rings. The summed E-state index contributed by atoms with van der Waals surface area (Å²) in [7, 11) is 0. The monoisotopic (exact) mass is 305 g/mol. The second-order valence-electron chi connectivity index (χ2n) is 5.10. The lowest BCUT2D eigenvalue weighted by Crippen LogP contribution is -2.22. The molecule has 114 valence electrons. The number of carbonyl (C=O) groups excluding carboxylic acids is 1. The van der Waals surface area contributed by atoms with Gasteiger partial charge in [0.1, 0.15) is 5.52 Å². The van der Waals surface area contributed by atoms with Crippen molar-refractivity contribution in [2.45, 2.75) is 20.0 Å². The SMILES string of the molecule is CCn1nnc2cc(C(=O)NCc3cccc(C#N)c3)ccc21. The molecule has 0 bridgehead atoms. The number of hydrogen-bond donors (Lipinski definition) is 1. The maximum atomic E-state index is 12.3. The van der Waals surface area contributed by atoms with Gasteiger partial charge in [0.05, 0.1) is 17.1 Å². The summed E-state index contributed by atoms with van der Waals surface area (Å²) in [5, 5.41) is 19.8. The Balaban J connectivity index is 1.74. The number of nitrogens with one attached hydrogen (secondary N) is 1. The minimum absolute atomic E-state index is 0.180. The van der Waals surface area contributed by atoms with Crippen molar-refractivity contribution >= 4 is 16.9 Å². The minimum Gasteiger partial charge on any atom is -0.348 e. The summed E-state index contributed by atoms with van der Waals surface area (Å²) in [6, 6.07) is 14.6. The van der Waals surface area contributed by atoms with Gasteiger partial charge >= 0.3 is 0 Å². The summed E-state index contributed by atoms with van der Waals surface area (Å²) in [6.45, 7) is 3.09. The van der Waals surface area contributed by atoms with Crippen molar-refractivity contribution in [3.63, 3.8) is 0 Å². The van der Waals surface area contributed by atoms with Crippen molar-refractivity contribution < 1.29 is 4.79 Å². The predicted molar refractivity (Wildman–Crippen MR) is 85.5 cm³/mol. The third kappa shape index (κ3) is 3.04. The second-order valence-corrected chi connectivity index (χ2v) is 5.10. The fourth-order valence-electron chi connectivity index (χ4n) is 2.38. The van der Waals surface area contributed by atoms with Crippen LogP contribution in [-0.2, 0) is 13.1 Å². The predicted octanol–water partition coefficient (Wildman–Crippen LogP) is 2.25. The zero-order valence-electron chi connectivity index (χ0n) is 12.7. The molecular weight excluding hydrogens is 290 g/mol. The minimum atomic E-state index is -0.180. The standard InChI is InChI=1S/C17H15N5O/c1-2-22-16-7-6-14(9-15(16)20-21-22)17(23)19-11-13-5-3-4-12(8-13)10-18/h3-9H,2,11H2,1H3,(H,19,23). The quantitative estimate of drug-likeness (QED) is 0.801. The van der Waals surface area contributed by atoms with Gasteiger partial charge in [-0.25, -0.2) is 4.68 Å². The van der Waals surface area contributed by atoms with Crippen LogP contribution in [0.3, 0.4) is 0 Å². The molecule has 1 N–H and O–H groups in total. The average molecular weight is 305 g/mol. The van der Waals surface area contributed by atoms with E-state index < -0.39 is 0 Å². The Kier molecular flexibility index (Phi) is 4.02. The van der Waals surface area contributed by atoms with E-state index in [-0.39, 0.29) is 5.91 Å². The van der Waals surface area contributed by atoms with Gasteiger partial charge in [0.25, 0.3) is 5.91 Å². The van der Waals surface area contributed by atoms with E-state index in [2.05, 4.69) is 21.7 Å². The van der Waals surface area contributed by atoms with Crippen molar-refractivity contribution in [2.24, 2.45) is 0 Å². The lowest BCUT2D eigenvalue weighted by Gasteiger charge is -2.06. The number of amides is 1. The van der Waals surface area contributed by atoms with E-state index in [4.69, 9.17) is 5.26 Å². The lowest BCUT2D eigenvalue weighted by atomic mass is 10.1. The highest BCUT2D eigenvalue weighted by Crippen LogP contribution is 2.13. The number of nitrogens with zero attached hydrogens (tertiary/aromatic N) is 4. The number of rotatable bonds is 4. The van der Waals surface area contributed by atoms with Crippen molar-refractivity contribution in [3.8, 4) is 6.07 Å². The Morgan fingerprint density at radius 1 is 1.30 bits per heavy atom. The molecule has 6 heteroatoms. The number of benzene rings is 2. The topological polar surface area (TPSA) is 83.6 Å². The molecule has 0 atom stereocenters. The number of aryl methyl sites for hydroxylation is 1. The maximum Gasteiger partial charge on any atom is 0.251 e. The molecule has 0 aliphatic carbocycles. The number of nitriles is 1. The molecule has 1 heterocycles. The molecule has 6 nitrogen and oxygen atoms in total. The molecule has 0 spiro atoms. The number of hydrogen-bond acceptors (Lipinski definition) is 4. The molecular formula is C17H15N5O. The summed E-state index contributed by atoms with van der Waals surface area (Å²) in [4.78, 5) is 12.3. The molecule has 0 saturated heterocycles. The van der Waals surface area contributed by atoms with Crippen LogP contribution in [0.2, 0.25) is 0 Å². The fraction of sp³-hybridized carbons (Fsp3) is 0.176. The van der Waals surface area contributed by atoms with E-state index in [1.54, 1.807) is 35.0 Å². The van der Waals surface area contributed by atoms with Gasteiger partial charge in [-0.15, -0.1) is 5.10 Å². The van der Waals surface area contributed by atoms with Crippen LogP contribution in [0, 0.1) is 11.3 Å². The first-order valence-electron chi connectivity index (χ1n) is 7.31. The zero-order chi connectivity index (χ0) is 16.2. The molecule has 0 radical (unpaired) electrons. The molecule has 0 aliphatic heterocycles. The molecule has 1 amide bonds. The molecule has 0 saturated carbocycles. The molecule has 3 aromatic rings. The first-order chi connectivity index (χ1) is 11.2. The molecule has 3 rings (SSSR count). The highest BCUT2D eigenvalue weighted by molar-refractivity contribution is 5.97. The van der Waals surface area contributed by atoms with Crippen LogP contribution in [0.5, 0.6) is 0 Å². The van der Waals surface area contributed by atoms with Gasteiger partial charge in [0.2, 0.25) is 0 Å². The van der Waals surface area contributed by atoms with Crippen molar-refractivity contribution in [1.82, 2.24) is 20.3 Å². The van der Waals surface area contributed by atoms with Gasteiger partial charge < -0.3 is 5.32 Å². The summed E-state index contributed by atoms with van der Waals surface area (Å²) in [5.41, 5.74) is 3.61. The highest BCUT2D eigenvalue weighted by atomic mass is 16.1. The highest BCUT2D eigenvalue weighted by Gasteiger charge is 2.09. The van der Waals surface area contributed by atoms with Crippen LogP contribution in [0.15, 0.2) is 42.5 Å². The van der Waals surface area contributed by atoms with E-state index >= 15 is 0 Å². The Hall–Kier alpha value is -3.20. The third-order valence-corrected chi connectivity index (χ3v) is 3.58. The van der Waals surface area contributed by atoms with Crippen LogP contribution in [-0.4, -0.2) is 20.9 Å². The summed E-state index contributed by atoms with van der Waals surface area (Å²) >= 11 is 0. The number of carbonyl (C=O) groups is 1. The molecule has 2 aromatic carbocycles. The van der Waals surface area contributed by atoms with Crippen LogP contribution < -0.4 is 5.32 Å². The molecule has 1 aromatic heterocycles. The van der Waals surface area contributed by atoms with E-state index in [9.17, 15) is 4.79 Å². The molecule has 0 unspecified atom stereocenters. The van der Waals surface area contributed by atoms with Gasteiger partial charge in [-0.2, -0.15) is 5.26 Å². The Labute approximate surface area is 133 Å². The fourth-order valence-corrected chi connectivity index (χ4v) is 2.38. The summed E-state index contributed by atoms with van der Waals surface area (Å²) < 4.78 is 1.78. The first-order valence-corrected chi connectivity index (χ1v) is 7.31. The number of fused-ring (bicyclic) bond motifs is 1. The van der Waals surface area contributed by atoms with E-state index in [0.717, 1.165) is 17.6 Å². The van der Waals surface area contributed by atoms with E-state index in [1.807, 2.05) is 19.1 Å². The first kappa shape index (κ1) is 14.7. The third-order valence-electron chi connectivity index (χ3n) is 3.58. The largest absolute Gasteiger partial charge is 0.348 e. The number of aromatic nitrogens is 3. The van der Waals surface area contributed by atoms with E-state index in [1.165, 1.54) is 0 Å². The summed E-state index contributed by atoms with van der Waals surface area (Å²) in [5.74, 6) is -0.180. The van der Waals surface area contributed by atoms with Crippen LogP contribution in [0.4, 0.5) is 0 Å². The smallest absolute Gasteiger partial charge is 0.251 e. The van der Waals surface area contributed by atoms with Crippen molar-refractivity contribution in [1.29, 1.82) is 5.26 Å². The second kappa shape index (κ2) is 6.28. The maximum absolute atomic E-state index is 12.3. The normalized spacial score (nSPS) is 10.4. The van der Waals surface area contributed by atoms with Crippen molar-refractivity contribution in [3.05, 3.63) is 59.2 Å². The van der Waals surface area contributed by atoms with E-state index in [0.29, 0.717) is 23.2 Å². The average Bonchev–Trinajstić information content (AvgIpc) is 3.02.